The highest BCUT2D eigenvalue weighted by Gasteiger charge is 2.54. The van der Waals surface area contributed by atoms with Crippen LogP contribution in [-0.4, -0.2) is 40.1 Å². The first-order valence-electron chi connectivity index (χ1n) is 5.46. The van der Waals surface area contributed by atoms with Gasteiger partial charge < -0.3 is 4.74 Å². The molecule has 0 aromatic carbocycles. The molecule has 0 aliphatic carbocycles. The summed E-state index contributed by atoms with van der Waals surface area (Å²) >= 11 is 0. The Labute approximate surface area is 99.5 Å². The normalized spacial score (nSPS) is 32.2. The molecular formula is C12H17O5+. The van der Waals surface area contributed by atoms with E-state index in [0.717, 1.165) is 0 Å². The third-order valence-electron chi connectivity index (χ3n) is 3.08. The van der Waals surface area contributed by atoms with Crippen molar-refractivity contribution in [2.24, 2.45) is 11.8 Å². The van der Waals surface area contributed by atoms with Crippen molar-refractivity contribution in [3.8, 4) is 0 Å². The summed E-state index contributed by atoms with van der Waals surface area (Å²) in [7, 11) is 0. The molecule has 5 nitrogen and oxygen atoms in total. The minimum atomic E-state index is -0.937. The molecule has 1 aliphatic heterocycles. The van der Waals surface area contributed by atoms with Gasteiger partial charge in [-0.2, -0.15) is 0 Å². The molecule has 0 radical (unpaired) electrons. The van der Waals surface area contributed by atoms with E-state index < -0.39 is 24.0 Å². The predicted octanol–water partition coefficient (Wildman–Crippen LogP) is 0.318. The van der Waals surface area contributed by atoms with Crippen molar-refractivity contribution in [2.45, 2.75) is 39.9 Å². The average Bonchev–Trinajstić information content (AvgIpc) is 2.56. The van der Waals surface area contributed by atoms with Crippen LogP contribution < -0.4 is 0 Å². The van der Waals surface area contributed by atoms with E-state index in [1.807, 2.05) is 0 Å². The second-order valence-corrected chi connectivity index (χ2v) is 4.50. The summed E-state index contributed by atoms with van der Waals surface area (Å²) in [5, 5.41) is 0. The largest absolute Gasteiger partial charge is 0.352 e. The van der Waals surface area contributed by atoms with Crippen molar-refractivity contribution in [3.05, 3.63) is 0 Å². The topological polar surface area (TPSA) is 81.8 Å². The summed E-state index contributed by atoms with van der Waals surface area (Å²) < 4.78 is 5.35. The molecule has 1 rings (SSSR count). The fourth-order valence-electron chi connectivity index (χ4n) is 2.34. The summed E-state index contributed by atoms with van der Waals surface area (Å²) in [6, 6.07) is 0. The van der Waals surface area contributed by atoms with E-state index in [1.165, 1.54) is 27.7 Å². The first-order valence-corrected chi connectivity index (χ1v) is 5.46. The lowest BCUT2D eigenvalue weighted by atomic mass is 9.80. The number of Topliss-reactive ketones (excluding diaryl/α,β-unsaturated/α-hetero) is 3. The van der Waals surface area contributed by atoms with Crippen LogP contribution in [0.4, 0.5) is 0 Å². The van der Waals surface area contributed by atoms with Gasteiger partial charge in [-0.25, -0.2) is 0 Å². The maximum absolute atomic E-state index is 11.6. The number of rotatable bonds is 4. The van der Waals surface area contributed by atoms with E-state index in [1.54, 1.807) is 0 Å². The van der Waals surface area contributed by atoms with E-state index in [0.29, 0.717) is 0 Å². The second-order valence-electron chi connectivity index (χ2n) is 4.50. The number of ketones is 4. The Morgan fingerprint density at radius 2 is 1.24 bits per heavy atom. The highest BCUT2D eigenvalue weighted by atomic mass is 16.5. The van der Waals surface area contributed by atoms with Crippen LogP contribution in [0.3, 0.4) is 0 Å². The molecule has 94 valence electrons. The summed E-state index contributed by atoms with van der Waals surface area (Å²) in [6.45, 7) is 5.38. The van der Waals surface area contributed by atoms with Gasteiger partial charge in [0.15, 0.2) is 11.9 Å². The van der Waals surface area contributed by atoms with Gasteiger partial charge in [-0.15, -0.1) is 0 Å². The van der Waals surface area contributed by atoms with E-state index in [-0.39, 0.29) is 23.1 Å². The van der Waals surface area contributed by atoms with Gasteiger partial charge in [0.05, 0.1) is 11.8 Å². The molecule has 0 spiro atoms. The molecule has 5 heteroatoms. The minimum Gasteiger partial charge on any atom is -0.352 e. The van der Waals surface area contributed by atoms with Gasteiger partial charge in [0.1, 0.15) is 17.7 Å². The number of carbonyl (C=O) groups is 3. The highest BCUT2D eigenvalue weighted by molar-refractivity contribution is 5.99. The monoisotopic (exact) mass is 241 g/mol. The number of ether oxygens (including phenoxy) is 1. The van der Waals surface area contributed by atoms with Crippen molar-refractivity contribution in [1.29, 1.82) is 0 Å². The molecule has 1 aliphatic rings. The van der Waals surface area contributed by atoms with Crippen molar-refractivity contribution < 1.29 is 23.9 Å². The van der Waals surface area contributed by atoms with E-state index in [9.17, 15) is 19.2 Å². The summed E-state index contributed by atoms with van der Waals surface area (Å²) in [6.07, 6.45) is -1.80. The van der Waals surface area contributed by atoms with Gasteiger partial charge in [-0.05, 0) is 20.8 Å². The van der Waals surface area contributed by atoms with Crippen molar-refractivity contribution >= 4 is 23.1 Å². The maximum atomic E-state index is 11.6. The lowest BCUT2D eigenvalue weighted by Crippen LogP contribution is -2.36. The standard InChI is InChI=1S/C12H16O5/c1-5(13)9-10(6(2)14)12(8(4)16)17-11(9)7(3)15/h9-12H,1-4H3/p+1. The van der Waals surface area contributed by atoms with E-state index in [4.69, 9.17) is 4.74 Å². The molecule has 17 heavy (non-hydrogen) atoms. The number of hydrogen-bond donors (Lipinski definition) is 0. The lowest BCUT2D eigenvalue weighted by molar-refractivity contribution is -0.134. The minimum absolute atomic E-state index is 0.0831. The molecule has 0 aromatic heterocycles. The second kappa shape index (κ2) is 4.87. The first-order chi connectivity index (χ1) is 7.77. The maximum Gasteiger partial charge on any atom is 0.319 e. The summed E-state index contributed by atoms with van der Waals surface area (Å²) in [4.78, 5) is 44.0. The Balaban J connectivity index is 3.17. The first kappa shape index (κ1) is 13.7. The third-order valence-corrected chi connectivity index (χ3v) is 3.08. The third kappa shape index (κ3) is 2.49. The summed E-state index contributed by atoms with van der Waals surface area (Å²) in [5.74, 6) is -2.48. The molecule has 4 atom stereocenters. The van der Waals surface area contributed by atoms with Crippen molar-refractivity contribution in [1.82, 2.24) is 0 Å². The Morgan fingerprint density at radius 1 is 0.824 bits per heavy atom. The smallest absolute Gasteiger partial charge is 0.319 e. The van der Waals surface area contributed by atoms with Crippen LogP contribution in [0, 0.1) is 11.8 Å². The van der Waals surface area contributed by atoms with Gasteiger partial charge in [-0.1, -0.05) is 0 Å². The Bertz CT molecular complexity index is 348. The summed E-state index contributed by atoms with van der Waals surface area (Å²) in [5.41, 5.74) is 0. The number of hydrogen-bond acceptors (Lipinski definition) is 4. The molecule has 1 heterocycles. The van der Waals surface area contributed by atoms with Crippen molar-refractivity contribution in [2.75, 3.05) is 0 Å². The van der Waals surface area contributed by atoms with Gasteiger partial charge in [0, 0.05) is 6.92 Å². The molecule has 1 fully saturated rings. The molecular weight excluding hydrogens is 224 g/mol. The van der Waals surface area contributed by atoms with Gasteiger partial charge in [0.25, 0.3) is 0 Å². The predicted molar refractivity (Wildman–Crippen MR) is 60.3 cm³/mol. The quantitative estimate of drug-likeness (QED) is 0.663. The van der Waals surface area contributed by atoms with E-state index in [2.05, 4.69) is 0 Å². The zero-order valence-corrected chi connectivity index (χ0v) is 10.4. The molecule has 0 amide bonds. The lowest BCUT2D eigenvalue weighted by Gasteiger charge is -2.16. The molecule has 0 bridgehead atoms. The zero-order chi connectivity index (χ0) is 13.3. The van der Waals surface area contributed by atoms with Crippen LogP contribution in [0.1, 0.15) is 27.7 Å². The average molecular weight is 241 g/mol. The van der Waals surface area contributed by atoms with Crippen LogP contribution in [0.25, 0.3) is 0 Å². The number of carbonyl (C=O) groups excluding carboxylic acids is 4. The molecule has 0 saturated carbocycles. The van der Waals surface area contributed by atoms with Crippen LogP contribution in [0.5, 0.6) is 0 Å². The fraction of sp³-hybridized carbons (Fsp3) is 0.667. The van der Waals surface area contributed by atoms with Gasteiger partial charge in [0.2, 0.25) is 0 Å². The van der Waals surface area contributed by atoms with E-state index >= 15 is 0 Å². The molecule has 1 N–H and O–H groups in total. The van der Waals surface area contributed by atoms with Gasteiger partial charge in [-0.3, -0.25) is 19.2 Å². The van der Waals surface area contributed by atoms with Crippen molar-refractivity contribution in [3.63, 3.8) is 0 Å². The van der Waals surface area contributed by atoms with Crippen LogP contribution in [0.15, 0.2) is 0 Å². The molecule has 1 saturated heterocycles. The zero-order valence-electron chi connectivity index (χ0n) is 10.4. The molecule has 4 unspecified atom stereocenters. The van der Waals surface area contributed by atoms with Crippen LogP contribution in [-0.2, 0) is 19.1 Å². The molecule has 0 aromatic rings. The fourth-order valence-corrected chi connectivity index (χ4v) is 2.34. The van der Waals surface area contributed by atoms with Crippen LogP contribution in [0.2, 0.25) is 0 Å². The Kier molecular flexibility index (Phi) is 3.93. The Hall–Kier alpha value is -1.36. The Morgan fingerprint density at radius 3 is 1.53 bits per heavy atom. The highest BCUT2D eigenvalue weighted by Crippen LogP contribution is 2.35. The van der Waals surface area contributed by atoms with Gasteiger partial charge >= 0.3 is 5.78 Å². The van der Waals surface area contributed by atoms with Crippen LogP contribution >= 0.6 is 0 Å². The SMILES string of the molecule is CC(=O)C1OC(C(C)=[OH+])C(C(C)=O)C1C(C)=O.